The predicted molar refractivity (Wildman–Crippen MR) is 282 cm³/mol. The van der Waals surface area contributed by atoms with E-state index in [1.165, 1.54) is 4.57 Å². The largest absolute Gasteiger partial charge is 0.356 e. The molecular formula is C58H66N8O8. The van der Waals surface area contributed by atoms with E-state index in [9.17, 15) is 38.4 Å². The molecule has 4 heterocycles. The van der Waals surface area contributed by atoms with E-state index >= 15 is 0 Å². The third kappa shape index (κ3) is 12.2. The number of hydrogen-bond acceptors (Lipinski definition) is 10. The topological polar surface area (TPSA) is 200 Å². The van der Waals surface area contributed by atoms with Crippen LogP contribution in [-0.2, 0) is 39.7 Å². The summed E-state index contributed by atoms with van der Waals surface area (Å²) in [6.07, 6.45) is 7.52. The van der Waals surface area contributed by atoms with Gasteiger partial charge >= 0.3 is 0 Å². The van der Waals surface area contributed by atoms with E-state index in [4.69, 9.17) is 4.98 Å². The fraction of sp³-hybridized carbons (Fsp3) is 0.397. The van der Waals surface area contributed by atoms with Crippen LogP contribution in [-0.4, -0.2) is 111 Å². The zero-order valence-corrected chi connectivity index (χ0v) is 43.1. The van der Waals surface area contributed by atoms with Crippen molar-refractivity contribution < 1.29 is 33.6 Å². The summed E-state index contributed by atoms with van der Waals surface area (Å²) in [7, 11) is 1.71. The lowest BCUT2D eigenvalue weighted by Gasteiger charge is -2.34. The number of carbonyl (C=O) groups excluding carboxylic acids is 7. The Kier molecular flexibility index (Phi) is 16.5. The number of piperidine rings is 1. The van der Waals surface area contributed by atoms with Crippen LogP contribution in [0.4, 0.5) is 5.69 Å². The molecule has 0 saturated carbocycles. The number of aryl methyl sites for hydroxylation is 2. The Balaban J connectivity index is 0.725. The summed E-state index contributed by atoms with van der Waals surface area (Å²) in [5.41, 5.74) is 7.23. The van der Waals surface area contributed by atoms with E-state index in [1.54, 1.807) is 31.4 Å². The summed E-state index contributed by atoms with van der Waals surface area (Å²) in [6, 6.07) is 24.6. The van der Waals surface area contributed by atoms with Crippen molar-refractivity contribution in [1.29, 1.82) is 0 Å². The number of anilines is 1. The van der Waals surface area contributed by atoms with Gasteiger partial charge in [-0.3, -0.25) is 53.5 Å². The SMILES string of the molecule is Cc1c(NC(=O)c2ccc(C(C)(C)C)cc2)cccc1-c1cn(C)c(=O)c(Cc2ccc(C(=O)N3CCN(CCCCCCCNC(=O)CCc4cccc5c4C(=O)N(C4CCC(=O)NC4=O)C5=O)CC3)cc2)n1. The van der Waals surface area contributed by atoms with Crippen LogP contribution in [0.15, 0.2) is 95.9 Å². The Morgan fingerprint density at radius 2 is 1.45 bits per heavy atom. The number of fused-ring (bicyclic) bond motifs is 1. The summed E-state index contributed by atoms with van der Waals surface area (Å²) in [6.45, 7) is 12.7. The van der Waals surface area contributed by atoms with Gasteiger partial charge in [0.05, 0.1) is 16.8 Å². The molecule has 1 aromatic heterocycles. The van der Waals surface area contributed by atoms with Crippen molar-refractivity contribution in [2.45, 2.75) is 103 Å². The number of carbonyl (C=O) groups is 7. The van der Waals surface area contributed by atoms with Gasteiger partial charge in [0.15, 0.2) is 0 Å². The molecular weight excluding hydrogens is 937 g/mol. The summed E-state index contributed by atoms with van der Waals surface area (Å²) in [4.78, 5) is 113. The molecule has 5 aromatic rings. The van der Waals surface area contributed by atoms with Gasteiger partial charge in [-0.1, -0.05) is 88.6 Å². The van der Waals surface area contributed by atoms with Crippen molar-refractivity contribution in [2.24, 2.45) is 7.05 Å². The van der Waals surface area contributed by atoms with Gasteiger partial charge in [-0.25, -0.2) is 4.98 Å². The number of imide groups is 2. The molecule has 4 aromatic carbocycles. The summed E-state index contributed by atoms with van der Waals surface area (Å²) in [5, 5.41) is 8.23. The maximum atomic E-state index is 13.5. The third-order valence-electron chi connectivity index (χ3n) is 14.4. The minimum Gasteiger partial charge on any atom is -0.356 e. The average molecular weight is 1000 g/mol. The third-order valence-corrected chi connectivity index (χ3v) is 14.4. The molecule has 3 aliphatic heterocycles. The zero-order chi connectivity index (χ0) is 52.7. The van der Waals surface area contributed by atoms with Crippen molar-refractivity contribution >= 4 is 47.0 Å². The monoisotopic (exact) mass is 1000 g/mol. The maximum absolute atomic E-state index is 13.5. The number of nitrogens with one attached hydrogen (secondary N) is 3. The van der Waals surface area contributed by atoms with Gasteiger partial charge < -0.3 is 20.1 Å². The van der Waals surface area contributed by atoms with E-state index in [0.717, 1.165) is 78.9 Å². The minimum atomic E-state index is -1.04. The van der Waals surface area contributed by atoms with Crippen molar-refractivity contribution in [2.75, 3.05) is 44.6 Å². The Labute approximate surface area is 431 Å². The van der Waals surface area contributed by atoms with Crippen LogP contribution in [0.25, 0.3) is 11.3 Å². The summed E-state index contributed by atoms with van der Waals surface area (Å²) in [5.74, 6) is -2.59. The molecule has 16 heteroatoms. The molecule has 0 radical (unpaired) electrons. The zero-order valence-electron chi connectivity index (χ0n) is 43.1. The second-order valence-electron chi connectivity index (χ2n) is 20.7. The molecule has 16 nitrogen and oxygen atoms in total. The van der Waals surface area contributed by atoms with Crippen LogP contribution >= 0.6 is 0 Å². The fourth-order valence-electron chi connectivity index (χ4n) is 9.94. The normalized spacial score (nSPS) is 16.0. The van der Waals surface area contributed by atoms with Gasteiger partial charge in [0.25, 0.3) is 29.2 Å². The first-order chi connectivity index (χ1) is 35.5. The van der Waals surface area contributed by atoms with Crippen molar-refractivity contribution in [3.8, 4) is 11.3 Å². The number of piperazine rings is 1. The first-order valence-electron chi connectivity index (χ1n) is 25.8. The number of nitrogens with zero attached hydrogens (tertiary/aromatic N) is 5. The highest BCUT2D eigenvalue weighted by atomic mass is 16.2. The van der Waals surface area contributed by atoms with Gasteiger partial charge in [0, 0.05) is 87.6 Å². The van der Waals surface area contributed by atoms with E-state index in [2.05, 4.69) is 41.6 Å². The van der Waals surface area contributed by atoms with Crippen molar-refractivity contribution in [3.05, 3.63) is 152 Å². The molecule has 1 unspecified atom stereocenters. The lowest BCUT2D eigenvalue weighted by Crippen LogP contribution is -2.54. The highest BCUT2D eigenvalue weighted by Crippen LogP contribution is 2.32. The van der Waals surface area contributed by atoms with Gasteiger partial charge in [0.2, 0.25) is 17.7 Å². The smallest absolute Gasteiger partial charge is 0.272 e. The van der Waals surface area contributed by atoms with Gasteiger partial charge in [-0.2, -0.15) is 0 Å². The molecule has 3 aliphatic rings. The molecule has 2 fully saturated rings. The van der Waals surface area contributed by atoms with Crippen LogP contribution < -0.4 is 21.5 Å². The highest BCUT2D eigenvalue weighted by Gasteiger charge is 2.45. The number of amides is 7. The Bertz CT molecular complexity index is 3020. The van der Waals surface area contributed by atoms with Gasteiger partial charge in [0.1, 0.15) is 11.7 Å². The lowest BCUT2D eigenvalue weighted by atomic mass is 9.86. The van der Waals surface area contributed by atoms with E-state index < -0.39 is 29.7 Å². The number of rotatable bonds is 18. The van der Waals surface area contributed by atoms with Gasteiger partial charge in [-0.05, 0) is 103 Å². The van der Waals surface area contributed by atoms with Crippen LogP contribution in [0.2, 0.25) is 0 Å². The van der Waals surface area contributed by atoms with Crippen LogP contribution in [0.5, 0.6) is 0 Å². The number of unbranched alkanes of at least 4 members (excludes halogenated alkanes) is 4. The second-order valence-corrected chi connectivity index (χ2v) is 20.7. The fourth-order valence-corrected chi connectivity index (χ4v) is 9.94. The van der Waals surface area contributed by atoms with E-state index in [1.807, 2.05) is 78.6 Å². The minimum absolute atomic E-state index is 0.0165. The van der Waals surface area contributed by atoms with Crippen molar-refractivity contribution in [1.82, 2.24) is 34.9 Å². The van der Waals surface area contributed by atoms with Gasteiger partial charge in [-0.15, -0.1) is 0 Å². The number of aromatic nitrogens is 2. The summed E-state index contributed by atoms with van der Waals surface area (Å²) < 4.78 is 1.53. The number of benzene rings is 4. The molecule has 2 saturated heterocycles. The lowest BCUT2D eigenvalue weighted by molar-refractivity contribution is -0.136. The molecule has 386 valence electrons. The molecule has 0 spiro atoms. The van der Waals surface area contributed by atoms with E-state index in [0.29, 0.717) is 53.4 Å². The number of hydrogen-bond donors (Lipinski definition) is 3. The molecule has 8 rings (SSSR count). The Morgan fingerprint density at radius 1 is 0.770 bits per heavy atom. The van der Waals surface area contributed by atoms with Crippen LogP contribution in [0.3, 0.4) is 0 Å². The first kappa shape index (κ1) is 52.7. The quantitative estimate of drug-likeness (QED) is 0.0623. The molecule has 0 aliphatic carbocycles. The van der Waals surface area contributed by atoms with Crippen LogP contribution in [0.1, 0.15) is 142 Å². The van der Waals surface area contributed by atoms with E-state index in [-0.39, 0.29) is 71.9 Å². The average Bonchev–Trinajstić information content (AvgIpc) is 3.64. The molecule has 1 atom stereocenters. The van der Waals surface area contributed by atoms with Crippen molar-refractivity contribution in [3.63, 3.8) is 0 Å². The Morgan fingerprint density at radius 3 is 2.16 bits per heavy atom. The first-order valence-corrected chi connectivity index (χ1v) is 25.8. The second kappa shape index (κ2) is 23.1. The molecule has 0 bridgehead atoms. The predicted octanol–water partition coefficient (Wildman–Crippen LogP) is 6.75. The highest BCUT2D eigenvalue weighted by molar-refractivity contribution is 6.24. The molecule has 74 heavy (non-hydrogen) atoms. The Hall–Kier alpha value is -7.59. The maximum Gasteiger partial charge on any atom is 0.272 e. The standard InChI is InChI=1S/C58H66N8O8/c1-37-43(14-12-16-45(37)61-52(69)40-21-24-42(25-22-40)58(2,3)4)47-36-63(5)56(73)46(60-47)35-38-17-19-41(20-18-38)54(71)65-33-31-64(32-34-65)30-10-8-6-7-9-29-59-49(67)27-23-39-13-11-15-44-51(39)57(74)66(55(44)72)48-26-28-50(68)62-53(48)70/h11-22,24-25,36,48H,6-10,23,26-35H2,1-5H3,(H,59,67)(H,61,69)(H,62,68,70). The summed E-state index contributed by atoms with van der Waals surface area (Å²) >= 11 is 0. The molecule has 3 N–H and O–H groups in total. The van der Waals surface area contributed by atoms with Crippen LogP contribution in [0, 0.1) is 6.92 Å². The molecule has 7 amide bonds.